The van der Waals surface area contributed by atoms with Gasteiger partial charge in [0.2, 0.25) is 0 Å². The smallest absolute Gasteiger partial charge is 0.319 e. The van der Waals surface area contributed by atoms with E-state index in [0.29, 0.717) is 0 Å². The fourth-order valence-electron chi connectivity index (χ4n) is 1.28. The molecule has 0 fully saturated rings. The average molecular weight is 531 g/mol. The van der Waals surface area contributed by atoms with Gasteiger partial charge in [0.05, 0.1) is 11.4 Å². The fourth-order valence-corrected chi connectivity index (χ4v) is 2.18. The first-order valence-corrected chi connectivity index (χ1v) is 8.13. The second kappa shape index (κ2) is 9.08. The topological polar surface area (TPSA) is 67.2 Å². The van der Waals surface area contributed by atoms with E-state index in [4.69, 9.17) is 5.73 Å². The van der Waals surface area contributed by atoms with Gasteiger partial charge in [-0.2, -0.15) is 0 Å². The molecular weight excluding hydrogens is 518 g/mol. The van der Waals surface area contributed by atoms with Crippen molar-refractivity contribution in [1.82, 2.24) is 5.32 Å². The van der Waals surface area contributed by atoms with Crippen molar-refractivity contribution in [2.75, 3.05) is 18.1 Å². The van der Waals surface area contributed by atoms with Crippen LogP contribution in [0.4, 0.5) is 25.0 Å². The maximum atomic E-state index is 13.1. The quantitative estimate of drug-likeness (QED) is 0.382. The molecule has 2 aromatic rings. The zero-order chi connectivity index (χ0) is 16.7. The van der Waals surface area contributed by atoms with E-state index in [1.807, 2.05) is 45.2 Å². The van der Waals surface area contributed by atoms with Crippen molar-refractivity contribution in [1.29, 1.82) is 0 Å². The SMILES string of the molecule is CNC(=O)Nc1ccc(I)cc1F.Nc1ccc(I)cc1F. The Kier molecular flexibility index (Phi) is 7.79. The minimum absolute atomic E-state index is 0.180. The molecule has 0 aromatic heterocycles. The van der Waals surface area contributed by atoms with Gasteiger partial charge in [-0.25, -0.2) is 13.6 Å². The molecule has 2 amide bonds. The number of urea groups is 1. The van der Waals surface area contributed by atoms with Crippen LogP contribution in [0.15, 0.2) is 36.4 Å². The van der Waals surface area contributed by atoms with E-state index in [1.165, 1.54) is 25.2 Å². The van der Waals surface area contributed by atoms with Crippen molar-refractivity contribution in [3.05, 3.63) is 55.2 Å². The molecule has 0 aliphatic carbocycles. The molecule has 0 heterocycles. The van der Waals surface area contributed by atoms with Crippen molar-refractivity contribution in [2.24, 2.45) is 0 Å². The third kappa shape index (κ3) is 6.30. The van der Waals surface area contributed by atoms with E-state index in [9.17, 15) is 13.6 Å². The normalized spacial score (nSPS) is 9.50. The molecule has 0 saturated heterocycles. The highest BCUT2D eigenvalue weighted by Gasteiger charge is 2.04. The average Bonchev–Trinajstić information content (AvgIpc) is 2.47. The largest absolute Gasteiger partial charge is 0.396 e. The van der Waals surface area contributed by atoms with E-state index >= 15 is 0 Å². The number of nitrogens with two attached hydrogens (primary N) is 1. The Hall–Kier alpha value is -1.17. The summed E-state index contributed by atoms with van der Waals surface area (Å²) in [6.45, 7) is 0. The number of nitrogen functional groups attached to an aromatic ring is 1. The number of carbonyl (C=O) groups is 1. The number of amides is 2. The highest BCUT2D eigenvalue weighted by Crippen LogP contribution is 2.16. The first-order valence-electron chi connectivity index (χ1n) is 5.97. The lowest BCUT2D eigenvalue weighted by Crippen LogP contribution is -2.24. The van der Waals surface area contributed by atoms with Gasteiger partial charge in [-0.1, -0.05) is 0 Å². The van der Waals surface area contributed by atoms with Crippen LogP contribution < -0.4 is 16.4 Å². The summed E-state index contributed by atoms with van der Waals surface area (Å²) < 4.78 is 27.2. The standard InChI is InChI=1S/C8H8FIN2O.C6H5FIN/c1-11-8(13)12-7-3-2-5(10)4-6(7)9;7-5-3-4(8)1-2-6(5)9/h2-4H,1H3,(H2,11,12,13);1-3H,9H2. The molecular formula is C14H13F2I2N3O. The van der Waals surface area contributed by atoms with Crippen molar-refractivity contribution in [2.45, 2.75) is 0 Å². The van der Waals surface area contributed by atoms with Crippen LogP contribution in [0.1, 0.15) is 0 Å². The highest BCUT2D eigenvalue weighted by atomic mass is 127. The third-order valence-electron chi connectivity index (χ3n) is 2.37. The van der Waals surface area contributed by atoms with Gasteiger partial charge < -0.3 is 16.4 Å². The van der Waals surface area contributed by atoms with Crippen LogP contribution in [0.3, 0.4) is 0 Å². The fraction of sp³-hybridized carbons (Fsp3) is 0.0714. The lowest BCUT2D eigenvalue weighted by molar-refractivity contribution is 0.254. The van der Waals surface area contributed by atoms with Crippen molar-refractivity contribution < 1.29 is 13.6 Å². The molecule has 0 atom stereocenters. The second-order valence-electron chi connectivity index (χ2n) is 3.99. The second-order valence-corrected chi connectivity index (χ2v) is 6.49. The van der Waals surface area contributed by atoms with E-state index in [1.54, 1.807) is 18.2 Å². The monoisotopic (exact) mass is 531 g/mol. The van der Waals surface area contributed by atoms with E-state index < -0.39 is 11.8 Å². The van der Waals surface area contributed by atoms with Crippen molar-refractivity contribution in [3.63, 3.8) is 0 Å². The van der Waals surface area contributed by atoms with Crippen LogP contribution in [0.2, 0.25) is 0 Å². The van der Waals surface area contributed by atoms with Crippen LogP contribution in [0, 0.1) is 18.8 Å². The maximum Gasteiger partial charge on any atom is 0.319 e. The van der Waals surface area contributed by atoms with Crippen LogP contribution in [0.5, 0.6) is 0 Å². The van der Waals surface area contributed by atoms with Gasteiger partial charge in [-0.3, -0.25) is 0 Å². The van der Waals surface area contributed by atoms with Gasteiger partial charge in [-0.05, 0) is 81.6 Å². The number of hydrogen-bond donors (Lipinski definition) is 3. The molecule has 4 nitrogen and oxygen atoms in total. The summed E-state index contributed by atoms with van der Waals surface area (Å²) in [5, 5.41) is 4.70. The van der Waals surface area contributed by atoms with Crippen LogP contribution in [0.25, 0.3) is 0 Å². The lowest BCUT2D eigenvalue weighted by atomic mass is 10.3. The molecule has 0 aliphatic rings. The summed E-state index contributed by atoms with van der Waals surface area (Å²) in [5.74, 6) is -0.780. The molecule has 0 spiro atoms. The zero-order valence-electron chi connectivity index (χ0n) is 11.5. The molecule has 0 unspecified atom stereocenters. The van der Waals surface area contributed by atoms with Gasteiger partial charge in [0.1, 0.15) is 11.6 Å². The minimum atomic E-state index is -0.435. The zero-order valence-corrected chi connectivity index (χ0v) is 15.8. The number of nitrogens with one attached hydrogen (secondary N) is 2. The lowest BCUT2D eigenvalue weighted by Gasteiger charge is -2.05. The molecule has 0 radical (unpaired) electrons. The highest BCUT2D eigenvalue weighted by molar-refractivity contribution is 14.1. The number of rotatable bonds is 1. The summed E-state index contributed by atoms with van der Waals surface area (Å²) in [6, 6.07) is 8.87. The Balaban J connectivity index is 0.000000235. The summed E-state index contributed by atoms with van der Waals surface area (Å²) >= 11 is 4.02. The Morgan fingerprint density at radius 2 is 1.59 bits per heavy atom. The van der Waals surface area contributed by atoms with Gasteiger partial charge in [0, 0.05) is 14.2 Å². The van der Waals surface area contributed by atoms with Crippen LogP contribution in [-0.2, 0) is 0 Å². The summed E-state index contributed by atoms with van der Waals surface area (Å²) in [4.78, 5) is 10.8. The summed E-state index contributed by atoms with van der Waals surface area (Å²) in [6.07, 6.45) is 0. The predicted octanol–water partition coefficient (Wildman–Crippen LogP) is 4.19. The van der Waals surface area contributed by atoms with Gasteiger partial charge in [0.25, 0.3) is 0 Å². The molecule has 8 heteroatoms. The van der Waals surface area contributed by atoms with Crippen molar-refractivity contribution >= 4 is 62.6 Å². The molecule has 0 bridgehead atoms. The molecule has 118 valence electrons. The molecule has 0 aliphatic heterocycles. The van der Waals surface area contributed by atoms with E-state index in [0.717, 1.165) is 7.14 Å². The van der Waals surface area contributed by atoms with E-state index in [-0.39, 0.29) is 17.2 Å². The minimum Gasteiger partial charge on any atom is -0.396 e. The Morgan fingerprint density at radius 1 is 1.05 bits per heavy atom. The van der Waals surface area contributed by atoms with Gasteiger partial charge in [-0.15, -0.1) is 0 Å². The first kappa shape index (κ1) is 18.9. The van der Waals surface area contributed by atoms with Crippen LogP contribution in [-0.4, -0.2) is 13.1 Å². The van der Waals surface area contributed by atoms with Gasteiger partial charge in [0.15, 0.2) is 0 Å². The Labute approximate surface area is 154 Å². The summed E-state index contributed by atoms with van der Waals surface area (Å²) in [7, 11) is 1.47. The number of carbonyl (C=O) groups excluding carboxylic acids is 1. The maximum absolute atomic E-state index is 13.1. The van der Waals surface area contributed by atoms with Crippen molar-refractivity contribution in [3.8, 4) is 0 Å². The Morgan fingerprint density at radius 3 is 2.05 bits per heavy atom. The molecule has 4 N–H and O–H groups in total. The third-order valence-corrected chi connectivity index (χ3v) is 3.71. The number of benzene rings is 2. The number of halogens is 4. The predicted molar refractivity (Wildman–Crippen MR) is 101 cm³/mol. The first-order chi connectivity index (χ1) is 10.3. The summed E-state index contributed by atoms with van der Waals surface area (Å²) in [5.41, 5.74) is 5.59. The molecule has 2 rings (SSSR count). The molecule has 22 heavy (non-hydrogen) atoms. The number of hydrogen-bond acceptors (Lipinski definition) is 2. The number of anilines is 2. The molecule has 2 aromatic carbocycles. The molecule has 0 saturated carbocycles. The van der Waals surface area contributed by atoms with E-state index in [2.05, 4.69) is 10.6 Å². The van der Waals surface area contributed by atoms with Gasteiger partial charge >= 0.3 is 6.03 Å². The Bertz CT molecular complexity index is 669. The van der Waals surface area contributed by atoms with Crippen LogP contribution >= 0.6 is 45.2 Å².